The lowest BCUT2D eigenvalue weighted by atomic mass is 10.1. The monoisotopic (exact) mass is 360 g/mol. The first-order valence-corrected chi connectivity index (χ1v) is 8.05. The van der Waals surface area contributed by atoms with E-state index in [4.69, 9.17) is 21.1 Å². The van der Waals surface area contributed by atoms with Crippen molar-refractivity contribution in [2.75, 3.05) is 23.9 Å². The minimum atomic E-state index is -0.820. The Bertz CT molecular complexity index is 824. The molecule has 0 spiro atoms. The van der Waals surface area contributed by atoms with Crippen molar-refractivity contribution in [3.05, 3.63) is 47.5 Å². The summed E-state index contributed by atoms with van der Waals surface area (Å²) in [4.78, 5) is 26.0. The number of amides is 2. The molecule has 1 heterocycles. The van der Waals surface area contributed by atoms with E-state index in [1.54, 1.807) is 36.4 Å². The molecule has 0 bridgehead atoms. The maximum Gasteiger partial charge on any atom is 0.267 e. The molecule has 0 aromatic heterocycles. The van der Waals surface area contributed by atoms with Crippen LogP contribution < -0.4 is 19.7 Å². The maximum atomic E-state index is 12.6. The van der Waals surface area contributed by atoms with E-state index in [-0.39, 0.29) is 18.4 Å². The Balaban J connectivity index is 1.79. The number of halogens is 1. The summed E-state index contributed by atoms with van der Waals surface area (Å²) in [5.74, 6) is 0.505. The average Bonchev–Trinajstić information content (AvgIpc) is 2.60. The summed E-state index contributed by atoms with van der Waals surface area (Å²) in [5.41, 5.74) is 1.18. The number of para-hydroxylation sites is 2. The molecule has 7 heteroatoms. The lowest BCUT2D eigenvalue weighted by Crippen LogP contribution is -2.48. The predicted molar refractivity (Wildman–Crippen MR) is 95.5 cm³/mol. The Labute approximate surface area is 150 Å². The molecule has 1 aliphatic rings. The molecule has 3 rings (SSSR count). The van der Waals surface area contributed by atoms with Gasteiger partial charge in [0.05, 0.1) is 24.4 Å². The van der Waals surface area contributed by atoms with Crippen LogP contribution in [0, 0.1) is 0 Å². The largest absolute Gasteiger partial charge is 0.495 e. The number of anilines is 2. The van der Waals surface area contributed by atoms with E-state index in [0.29, 0.717) is 27.9 Å². The van der Waals surface area contributed by atoms with Crippen molar-refractivity contribution in [2.45, 2.75) is 13.0 Å². The Morgan fingerprint density at radius 1 is 1.28 bits per heavy atom. The minimum Gasteiger partial charge on any atom is -0.495 e. The summed E-state index contributed by atoms with van der Waals surface area (Å²) >= 11 is 6.07. The topological polar surface area (TPSA) is 67.9 Å². The normalized spacial score (nSPS) is 15.8. The van der Waals surface area contributed by atoms with Gasteiger partial charge in [0, 0.05) is 12.6 Å². The zero-order valence-electron chi connectivity index (χ0n) is 13.8. The van der Waals surface area contributed by atoms with Crippen molar-refractivity contribution in [3.8, 4) is 11.5 Å². The molecule has 130 valence electrons. The SMILES string of the molecule is COc1ccc(NC(=O)C2CN(C(C)=O)c3ccccc3O2)cc1Cl. The second-order valence-electron chi connectivity index (χ2n) is 5.54. The molecule has 6 nitrogen and oxygen atoms in total. The number of fused-ring (bicyclic) bond motifs is 1. The summed E-state index contributed by atoms with van der Waals surface area (Å²) < 4.78 is 10.8. The molecule has 1 aliphatic heterocycles. The van der Waals surface area contributed by atoms with Gasteiger partial charge in [-0.2, -0.15) is 0 Å². The summed E-state index contributed by atoms with van der Waals surface area (Å²) in [6.07, 6.45) is -0.820. The number of carbonyl (C=O) groups excluding carboxylic acids is 2. The first kappa shape index (κ1) is 17.1. The number of carbonyl (C=O) groups is 2. The first-order valence-electron chi connectivity index (χ1n) is 7.68. The summed E-state index contributed by atoms with van der Waals surface area (Å²) in [5, 5.41) is 3.14. The fraction of sp³-hybridized carbons (Fsp3) is 0.222. The number of hydrogen-bond donors (Lipinski definition) is 1. The van der Waals surface area contributed by atoms with Gasteiger partial charge in [-0.25, -0.2) is 0 Å². The standard InChI is InChI=1S/C18H17ClN2O4/c1-11(22)21-10-17(25-16-6-4-3-5-14(16)21)18(23)20-12-7-8-15(24-2)13(19)9-12/h3-9,17H,10H2,1-2H3,(H,20,23). The van der Waals surface area contributed by atoms with Crippen molar-refractivity contribution in [1.29, 1.82) is 0 Å². The van der Waals surface area contributed by atoms with E-state index in [1.165, 1.54) is 18.9 Å². The zero-order valence-corrected chi connectivity index (χ0v) is 14.5. The lowest BCUT2D eigenvalue weighted by Gasteiger charge is -2.33. The second-order valence-corrected chi connectivity index (χ2v) is 5.95. The molecular weight excluding hydrogens is 344 g/mol. The van der Waals surface area contributed by atoms with Crippen molar-refractivity contribution in [3.63, 3.8) is 0 Å². The van der Waals surface area contributed by atoms with Crippen molar-refractivity contribution in [2.24, 2.45) is 0 Å². The van der Waals surface area contributed by atoms with E-state index in [1.807, 2.05) is 6.07 Å². The number of nitrogens with one attached hydrogen (secondary N) is 1. The van der Waals surface area contributed by atoms with Crippen LogP contribution in [0.3, 0.4) is 0 Å². The number of rotatable bonds is 3. The Hall–Kier alpha value is -2.73. The van der Waals surface area contributed by atoms with Gasteiger partial charge in [-0.15, -0.1) is 0 Å². The molecule has 0 aliphatic carbocycles. The van der Waals surface area contributed by atoms with Crippen molar-refractivity contribution < 1.29 is 19.1 Å². The predicted octanol–water partition coefficient (Wildman–Crippen LogP) is 3.10. The van der Waals surface area contributed by atoms with Crippen LogP contribution in [0.2, 0.25) is 5.02 Å². The average molecular weight is 361 g/mol. The van der Waals surface area contributed by atoms with E-state index < -0.39 is 6.10 Å². The number of benzene rings is 2. The molecule has 2 aromatic carbocycles. The van der Waals surface area contributed by atoms with Crippen LogP contribution in [0.15, 0.2) is 42.5 Å². The summed E-state index contributed by atoms with van der Waals surface area (Å²) in [7, 11) is 1.52. The molecule has 1 unspecified atom stereocenters. The van der Waals surface area contributed by atoms with Gasteiger partial charge in [0.25, 0.3) is 5.91 Å². The number of hydrogen-bond acceptors (Lipinski definition) is 4. The lowest BCUT2D eigenvalue weighted by molar-refractivity contribution is -0.123. The van der Waals surface area contributed by atoms with Crippen LogP contribution in [-0.2, 0) is 9.59 Å². The van der Waals surface area contributed by atoms with Crippen LogP contribution in [0.25, 0.3) is 0 Å². The highest BCUT2D eigenvalue weighted by atomic mass is 35.5. The fourth-order valence-corrected chi connectivity index (χ4v) is 2.89. The van der Waals surface area contributed by atoms with Gasteiger partial charge in [0.2, 0.25) is 5.91 Å². The quantitative estimate of drug-likeness (QED) is 0.913. The van der Waals surface area contributed by atoms with Gasteiger partial charge in [0.15, 0.2) is 6.10 Å². The molecule has 2 aromatic rings. The molecule has 25 heavy (non-hydrogen) atoms. The van der Waals surface area contributed by atoms with Gasteiger partial charge < -0.3 is 19.7 Å². The van der Waals surface area contributed by atoms with Gasteiger partial charge in [-0.1, -0.05) is 23.7 Å². The van der Waals surface area contributed by atoms with Gasteiger partial charge in [-0.3, -0.25) is 9.59 Å². The molecule has 1 N–H and O–H groups in total. The van der Waals surface area contributed by atoms with Crippen molar-refractivity contribution in [1.82, 2.24) is 0 Å². The second kappa shape index (κ2) is 7.03. The summed E-state index contributed by atoms with van der Waals surface area (Å²) in [6, 6.07) is 12.1. The van der Waals surface area contributed by atoms with Crippen LogP contribution >= 0.6 is 11.6 Å². The van der Waals surface area contributed by atoms with Gasteiger partial charge in [-0.05, 0) is 30.3 Å². The van der Waals surface area contributed by atoms with E-state index in [2.05, 4.69) is 5.32 Å². The molecular formula is C18H17ClN2O4. The molecule has 0 saturated heterocycles. The van der Waals surface area contributed by atoms with E-state index in [0.717, 1.165) is 0 Å². The number of nitrogens with zero attached hydrogens (tertiary/aromatic N) is 1. The fourth-order valence-electron chi connectivity index (χ4n) is 2.64. The number of ether oxygens (including phenoxy) is 2. The minimum absolute atomic E-state index is 0.141. The number of methoxy groups -OCH3 is 1. The van der Waals surface area contributed by atoms with Crippen LogP contribution in [0.1, 0.15) is 6.92 Å². The molecule has 2 amide bonds. The Morgan fingerprint density at radius 2 is 2.04 bits per heavy atom. The van der Waals surface area contributed by atoms with Crippen molar-refractivity contribution >= 4 is 34.8 Å². The third-order valence-electron chi connectivity index (χ3n) is 3.87. The molecule has 0 saturated carbocycles. The first-order chi connectivity index (χ1) is 12.0. The molecule has 1 atom stereocenters. The highest BCUT2D eigenvalue weighted by Gasteiger charge is 2.32. The van der Waals surface area contributed by atoms with Crippen LogP contribution in [0.4, 0.5) is 11.4 Å². The zero-order chi connectivity index (χ0) is 18.0. The van der Waals surface area contributed by atoms with Gasteiger partial charge in [0.1, 0.15) is 11.5 Å². The van der Waals surface area contributed by atoms with Gasteiger partial charge >= 0.3 is 0 Å². The third-order valence-corrected chi connectivity index (χ3v) is 4.16. The Kier molecular flexibility index (Phi) is 4.81. The van der Waals surface area contributed by atoms with Crippen LogP contribution in [0.5, 0.6) is 11.5 Å². The molecule has 0 fully saturated rings. The maximum absolute atomic E-state index is 12.6. The highest BCUT2D eigenvalue weighted by Crippen LogP contribution is 2.33. The molecule has 0 radical (unpaired) electrons. The summed E-state index contributed by atoms with van der Waals surface area (Å²) in [6.45, 7) is 1.60. The van der Waals surface area contributed by atoms with E-state index >= 15 is 0 Å². The smallest absolute Gasteiger partial charge is 0.267 e. The van der Waals surface area contributed by atoms with E-state index in [9.17, 15) is 9.59 Å². The van der Waals surface area contributed by atoms with Crippen LogP contribution in [-0.4, -0.2) is 31.6 Å². The third kappa shape index (κ3) is 3.53. The highest BCUT2D eigenvalue weighted by molar-refractivity contribution is 6.32. The Morgan fingerprint density at radius 3 is 2.72 bits per heavy atom.